The van der Waals surface area contributed by atoms with Crippen molar-refractivity contribution in [2.45, 2.75) is 58.8 Å². The van der Waals surface area contributed by atoms with Crippen molar-refractivity contribution in [3.63, 3.8) is 0 Å². The van der Waals surface area contributed by atoms with E-state index in [4.69, 9.17) is 0 Å². The Morgan fingerprint density at radius 1 is 0.920 bits per heavy atom. The highest BCUT2D eigenvalue weighted by atomic mass is 127. The molecule has 1 aliphatic heterocycles. The van der Waals surface area contributed by atoms with E-state index in [-0.39, 0.29) is 24.0 Å². The molecule has 0 aromatic rings. The highest BCUT2D eigenvalue weighted by molar-refractivity contribution is 14.0. The van der Waals surface area contributed by atoms with E-state index in [0.29, 0.717) is 0 Å². The predicted molar refractivity (Wildman–Crippen MR) is 121 cm³/mol. The number of nitrogens with zero attached hydrogens (tertiary/aromatic N) is 3. The summed E-state index contributed by atoms with van der Waals surface area (Å²) in [4.78, 5) is 9.43. The van der Waals surface area contributed by atoms with Gasteiger partial charge in [0.05, 0.1) is 0 Å². The third-order valence-corrected chi connectivity index (χ3v) is 4.95. The van der Waals surface area contributed by atoms with Crippen molar-refractivity contribution >= 4 is 29.9 Å². The van der Waals surface area contributed by atoms with Crippen molar-refractivity contribution in [3.8, 4) is 0 Å². The normalized spacial score (nSPS) is 16.4. The van der Waals surface area contributed by atoms with Crippen LogP contribution in [-0.2, 0) is 0 Å². The molecule has 6 heteroatoms. The smallest absolute Gasteiger partial charge is 0.190 e. The summed E-state index contributed by atoms with van der Waals surface area (Å²) >= 11 is 0. The summed E-state index contributed by atoms with van der Waals surface area (Å²) in [6.45, 7) is 13.8. The van der Waals surface area contributed by atoms with Crippen LogP contribution < -0.4 is 10.6 Å². The van der Waals surface area contributed by atoms with E-state index in [2.05, 4.69) is 39.3 Å². The first-order valence-electron chi connectivity index (χ1n) is 10.2. The molecule has 0 unspecified atom stereocenters. The van der Waals surface area contributed by atoms with E-state index in [1.807, 2.05) is 7.05 Å². The van der Waals surface area contributed by atoms with E-state index < -0.39 is 0 Å². The van der Waals surface area contributed by atoms with E-state index in [1.165, 1.54) is 71.1 Å². The predicted octanol–water partition coefficient (Wildman–Crippen LogP) is 3.16. The third kappa shape index (κ3) is 12.8. The molecule has 0 radical (unpaired) electrons. The monoisotopic (exact) mass is 467 g/mol. The zero-order valence-corrected chi connectivity index (χ0v) is 19.2. The van der Waals surface area contributed by atoms with Crippen LogP contribution in [0.5, 0.6) is 0 Å². The maximum atomic E-state index is 4.32. The SMILES string of the molecule is CCN(CC)CCCCNC(=NC)NCCCN1CCCCCC1.I. The highest BCUT2D eigenvalue weighted by Crippen LogP contribution is 2.09. The zero-order chi connectivity index (χ0) is 17.5. The number of likely N-dealkylation sites (tertiary alicyclic amines) is 1. The molecule has 1 aliphatic rings. The molecular weight excluding hydrogens is 425 g/mol. The van der Waals surface area contributed by atoms with Gasteiger partial charge in [-0.2, -0.15) is 0 Å². The van der Waals surface area contributed by atoms with Gasteiger partial charge in [0.25, 0.3) is 0 Å². The second kappa shape index (κ2) is 17.3. The van der Waals surface area contributed by atoms with Crippen LogP contribution in [0.15, 0.2) is 4.99 Å². The lowest BCUT2D eigenvalue weighted by molar-refractivity contribution is 0.282. The molecule has 2 N–H and O–H groups in total. The Morgan fingerprint density at radius 2 is 1.52 bits per heavy atom. The Kier molecular flexibility index (Phi) is 17.3. The minimum absolute atomic E-state index is 0. The second-order valence-corrected chi connectivity index (χ2v) is 6.77. The van der Waals surface area contributed by atoms with Crippen LogP contribution in [0.2, 0.25) is 0 Å². The standard InChI is InChI=1S/C19H41N5.HI/c1-4-23(5-2)15-11-8-13-21-19(20-3)22-14-12-18-24-16-9-6-7-10-17-24;/h4-18H2,1-3H3,(H2,20,21,22);1H. The number of halogens is 1. The Morgan fingerprint density at radius 3 is 2.08 bits per heavy atom. The van der Waals surface area contributed by atoms with Crippen molar-refractivity contribution in [1.29, 1.82) is 0 Å². The number of rotatable bonds is 11. The molecule has 150 valence electrons. The van der Waals surface area contributed by atoms with Gasteiger partial charge in [-0.15, -0.1) is 24.0 Å². The molecule has 1 rings (SSSR count). The summed E-state index contributed by atoms with van der Waals surface area (Å²) in [5, 5.41) is 6.88. The summed E-state index contributed by atoms with van der Waals surface area (Å²) < 4.78 is 0. The molecule has 1 heterocycles. The molecule has 5 nitrogen and oxygen atoms in total. The number of unbranched alkanes of at least 4 members (excludes halogenated alkanes) is 1. The quantitative estimate of drug-likeness (QED) is 0.212. The Bertz CT molecular complexity index is 313. The number of aliphatic imine (C=N–C) groups is 1. The molecule has 0 amide bonds. The van der Waals surface area contributed by atoms with Gasteiger partial charge in [-0.3, -0.25) is 4.99 Å². The van der Waals surface area contributed by atoms with Gasteiger partial charge in [0, 0.05) is 20.1 Å². The third-order valence-electron chi connectivity index (χ3n) is 4.95. The fourth-order valence-corrected chi connectivity index (χ4v) is 3.30. The molecule has 25 heavy (non-hydrogen) atoms. The number of hydrogen-bond acceptors (Lipinski definition) is 3. The molecule has 0 bridgehead atoms. The summed E-state index contributed by atoms with van der Waals surface area (Å²) in [6, 6.07) is 0. The van der Waals surface area contributed by atoms with Crippen molar-refractivity contribution in [3.05, 3.63) is 0 Å². The van der Waals surface area contributed by atoms with E-state index in [1.54, 1.807) is 0 Å². The van der Waals surface area contributed by atoms with Gasteiger partial charge in [-0.05, 0) is 71.4 Å². The molecule has 0 saturated carbocycles. The number of nitrogens with one attached hydrogen (secondary N) is 2. The largest absolute Gasteiger partial charge is 0.356 e. The first kappa shape index (κ1) is 24.9. The lowest BCUT2D eigenvalue weighted by Crippen LogP contribution is -2.39. The first-order chi connectivity index (χ1) is 11.8. The van der Waals surface area contributed by atoms with E-state index in [0.717, 1.165) is 32.1 Å². The van der Waals surface area contributed by atoms with Gasteiger partial charge in [-0.1, -0.05) is 26.7 Å². The van der Waals surface area contributed by atoms with Gasteiger partial charge in [0.2, 0.25) is 0 Å². The molecule has 1 fully saturated rings. The van der Waals surface area contributed by atoms with Crippen LogP contribution >= 0.6 is 24.0 Å². The van der Waals surface area contributed by atoms with Gasteiger partial charge in [0.1, 0.15) is 0 Å². The van der Waals surface area contributed by atoms with Gasteiger partial charge in [-0.25, -0.2) is 0 Å². The maximum absolute atomic E-state index is 4.32. The average molecular weight is 467 g/mol. The minimum Gasteiger partial charge on any atom is -0.356 e. The van der Waals surface area contributed by atoms with Crippen molar-refractivity contribution in [2.75, 3.05) is 59.4 Å². The molecule has 0 spiro atoms. The summed E-state index contributed by atoms with van der Waals surface area (Å²) in [5.41, 5.74) is 0. The fourth-order valence-electron chi connectivity index (χ4n) is 3.30. The summed E-state index contributed by atoms with van der Waals surface area (Å²) in [7, 11) is 1.86. The van der Waals surface area contributed by atoms with Gasteiger partial charge < -0.3 is 20.4 Å². The van der Waals surface area contributed by atoms with Crippen LogP contribution in [-0.4, -0.2) is 75.2 Å². The van der Waals surface area contributed by atoms with Crippen LogP contribution in [0.4, 0.5) is 0 Å². The molecule has 1 saturated heterocycles. The second-order valence-electron chi connectivity index (χ2n) is 6.77. The van der Waals surface area contributed by atoms with Crippen LogP contribution in [0.1, 0.15) is 58.8 Å². The number of hydrogen-bond donors (Lipinski definition) is 2. The van der Waals surface area contributed by atoms with Gasteiger partial charge in [0.15, 0.2) is 5.96 Å². The topological polar surface area (TPSA) is 42.9 Å². The molecule has 0 aromatic heterocycles. The lowest BCUT2D eigenvalue weighted by Gasteiger charge is -2.20. The summed E-state index contributed by atoms with van der Waals surface area (Å²) in [5.74, 6) is 0.953. The van der Waals surface area contributed by atoms with Crippen LogP contribution in [0.3, 0.4) is 0 Å². The van der Waals surface area contributed by atoms with Crippen LogP contribution in [0.25, 0.3) is 0 Å². The van der Waals surface area contributed by atoms with Gasteiger partial charge >= 0.3 is 0 Å². The molecule has 0 aliphatic carbocycles. The Hall–Kier alpha value is -0.0800. The Labute approximate surface area is 173 Å². The molecule has 0 aromatic carbocycles. The van der Waals surface area contributed by atoms with Crippen LogP contribution in [0, 0.1) is 0 Å². The first-order valence-corrected chi connectivity index (χ1v) is 10.2. The van der Waals surface area contributed by atoms with Crippen molar-refractivity contribution < 1.29 is 0 Å². The highest BCUT2D eigenvalue weighted by Gasteiger charge is 2.08. The molecular formula is C19H42IN5. The number of guanidine groups is 1. The van der Waals surface area contributed by atoms with E-state index in [9.17, 15) is 0 Å². The average Bonchev–Trinajstić information content (AvgIpc) is 2.88. The van der Waals surface area contributed by atoms with Crippen molar-refractivity contribution in [2.24, 2.45) is 4.99 Å². The Balaban J connectivity index is 0.00000576. The zero-order valence-electron chi connectivity index (χ0n) is 16.9. The summed E-state index contributed by atoms with van der Waals surface area (Å²) in [6.07, 6.45) is 9.24. The fraction of sp³-hybridized carbons (Fsp3) is 0.947. The van der Waals surface area contributed by atoms with E-state index >= 15 is 0 Å². The minimum atomic E-state index is 0. The lowest BCUT2D eigenvalue weighted by atomic mass is 10.2. The maximum Gasteiger partial charge on any atom is 0.190 e. The van der Waals surface area contributed by atoms with Crippen molar-refractivity contribution in [1.82, 2.24) is 20.4 Å². The molecule has 0 atom stereocenters.